The Labute approximate surface area is 142 Å². The van der Waals surface area contributed by atoms with Crippen molar-refractivity contribution in [2.24, 2.45) is 0 Å². The maximum absolute atomic E-state index is 12.2. The number of non-ortho nitro benzene ring substituents is 1. The molecule has 0 atom stereocenters. The van der Waals surface area contributed by atoms with E-state index >= 15 is 0 Å². The minimum Gasteiger partial charge on any atom is -0.503 e. The topological polar surface area (TPSA) is 107 Å². The molecule has 0 aromatic heterocycles. The molecule has 0 aliphatic heterocycles. The molecule has 2 aromatic carbocycles. The van der Waals surface area contributed by atoms with E-state index in [1.165, 1.54) is 25.3 Å². The van der Waals surface area contributed by atoms with E-state index in [-0.39, 0.29) is 27.1 Å². The SMILES string of the molecule is COc1cc(/C=C/S(=O)(=O)c2ccc([N+](=O)[O-])cc2)cc(Cl)c1O. The average Bonchev–Trinajstić information content (AvgIpc) is 2.56. The molecule has 0 aliphatic carbocycles. The van der Waals surface area contributed by atoms with Crippen molar-refractivity contribution in [3.05, 3.63) is 62.5 Å². The van der Waals surface area contributed by atoms with E-state index in [4.69, 9.17) is 16.3 Å². The van der Waals surface area contributed by atoms with Crippen LogP contribution in [0.4, 0.5) is 5.69 Å². The predicted molar refractivity (Wildman–Crippen MR) is 89.0 cm³/mol. The Balaban J connectivity index is 2.33. The number of rotatable bonds is 5. The molecule has 0 bridgehead atoms. The van der Waals surface area contributed by atoms with Gasteiger partial charge in [-0.1, -0.05) is 11.6 Å². The molecule has 0 fully saturated rings. The molecule has 24 heavy (non-hydrogen) atoms. The second-order valence-corrected chi connectivity index (χ2v) is 6.89. The number of aromatic hydroxyl groups is 1. The molecule has 9 heteroatoms. The summed E-state index contributed by atoms with van der Waals surface area (Å²) in [5.41, 5.74) is 0.202. The fraction of sp³-hybridized carbons (Fsp3) is 0.0667. The van der Waals surface area contributed by atoms with Crippen molar-refractivity contribution in [1.82, 2.24) is 0 Å². The van der Waals surface area contributed by atoms with Crippen LogP contribution in [0.5, 0.6) is 11.5 Å². The molecule has 0 saturated carbocycles. The number of hydrogen-bond donors (Lipinski definition) is 1. The van der Waals surface area contributed by atoms with Gasteiger partial charge in [0, 0.05) is 17.5 Å². The van der Waals surface area contributed by atoms with Crippen LogP contribution in [0.25, 0.3) is 6.08 Å². The Kier molecular flexibility index (Phi) is 5.10. The van der Waals surface area contributed by atoms with Crippen LogP contribution in [-0.4, -0.2) is 25.6 Å². The van der Waals surface area contributed by atoms with Gasteiger partial charge in [-0.3, -0.25) is 10.1 Å². The van der Waals surface area contributed by atoms with Gasteiger partial charge in [0.1, 0.15) is 0 Å². The largest absolute Gasteiger partial charge is 0.503 e. The summed E-state index contributed by atoms with van der Waals surface area (Å²) in [4.78, 5) is 9.89. The van der Waals surface area contributed by atoms with E-state index in [2.05, 4.69) is 0 Å². The molecule has 0 aliphatic rings. The van der Waals surface area contributed by atoms with Crippen molar-refractivity contribution in [2.45, 2.75) is 4.90 Å². The van der Waals surface area contributed by atoms with Gasteiger partial charge in [0.15, 0.2) is 21.3 Å². The lowest BCUT2D eigenvalue weighted by molar-refractivity contribution is -0.384. The summed E-state index contributed by atoms with van der Waals surface area (Å²) < 4.78 is 29.4. The lowest BCUT2D eigenvalue weighted by atomic mass is 10.2. The second-order valence-electron chi connectivity index (χ2n) is 4.65. The maximum Gasteiger partial charge on any atom is 0.269 e. The van der Waals surface area contributed by atoms with Gasteiger partial charge in [-0.2, -0.15) is 0 Å². The monoisotopic (exact) mass is 369 g/mol. The van der Waals surface area contributed by atoms with Gasteiger partial charge in [-0.25, -0.2) is 8.42 Å². The fourth-order valence-corrected chi connectivity index (χ4v) is 3.08. The van der Waals surface area contributed by atoms with Crippen LogP contribution in [0.2, 0.25) is 5.02 Å². The first kappa shape index (κ1) is 17.8. The lowest BCUT2D eigenvalue weighted by Crippen LogP contribution is -1.97. The van der Waals surface area contributed by atoms with Crippen LogP contribution < -0.4 is 4.74 Å². The summed E-state index contributed by atoms with van der Waals surface area (Å²) in [6, 6.07) is 7.33. The fourth-order valence-electron chi connectivity index (χ4n) is 1.85. The number of phenolic OH excluding ortho intramolecular Hbond substituents is 1. The van der Waals surface area contributed by atoms with Crippen molar-refractivity contribution in [3.63, 3.8) is 0 Å². The first-order valence-electron chi connectivity index (χ1n) is 6.48. The second kappa shape index (κ2) is 6.90. The van der Waals surface area contributed by atoms with Crippen LogP contribution in [-0.2, 0) is 9.84 Å². The Hall–Kier alpha value is -2.58. The summed E-state index contributed by atoms with van der Waals surface area (Å²) in [6.07, 6.45) is 1.28. The zero-order chi connectivity index (χ0) is 17.9. The van der Waals surface area contributed by atoms with Gasteiger partial charge in [0.05, 0.1) is 22.0 Å². The van der Waals surface area contributed by atoms with Crippen LogP contribution in [0.3, 0.4) is 0 Å². The number of nitro groups is 1. The van der Waals surface area contributed by atoms with Crippen LogP contribution in [0.1, 0.15) is 5.56 Å². The third kappa shape index (κ3) is 3.84. The zero-order valence-corrected chi connectivity index (χ0v) is 13.9. The van der Waals surface area contributed by atoms with Gasteiger partial charge in [-0.05, 0) is 35.9 Å². The Morgan fingerprint density at radius 1 is 1.25 bits per heavy atom. The van der Waals surface area contributed by atoms with E-state index in [9.17, 15) is 23.6 Å². The maximum atomic E-state index is 12.2. The van der Waals surface area contributed by atoms with Crippen molar-refractivity contribution in [2.75, 3.05) is 7.11 Å². The molecule has 2 rings (SSSR count). The highest BCUT2D eigenvalue weighted by molar-refractivity contribution is 7.94. The average molecular weight is 370 g/mol. The summed E-state index contributed by atoms with van der Waals surface area (Å²) in [6.45, 7) is 0. The number of sulfone groups is 1. The van der Waals surface area contributed by atoms with Gasteiger partial charge < -0.3 is 9.84 Å². The van der Waals surface area contributed by atoms with E-state index in [0.29, 0.717) is 5.56 Å². The third-order valence-electron chi connectivity index (χ3n) is 3.09. The predicted octanol–water partition coefficient (Wildman–Crippen LogP) is 3.41. The van der Waals surface area contributed by atoms with Gasteiger partial charge in [0.2, 0.25) is 0 Å². The van der Waals surface area contributed by atoms with E-state index < -0.39 is 14.8 Å². The molecule has 0 spiro atoms. The lowest BCUT2D eigenvalue weighted by Gasteiger charge is -2.06. The number of benzene rings is 2. The number of phenols is 1. The zero-order valence-electron chi connectivity index (χ0n) is 12.3. The number of hydrogen-bond acceptors (Lipinski definition) is 6. The molecule has 0 radical (unpaired) electrons. The smallest absolute Gasteiger partial charge is 0.269 e. The summed E-state index contributed by atoms with van der Waals surface area (Å²) >= 11 is 5.83. The normalized spacial score (nSPS) is 11.6. The molecule has 0 heterocycles. The Bertz CT molecular complexity index is 906. The quantitative estimate of drug-likeness (QED) is 0.639. The molecule has 0 unspecified atom stereocenters. The highest BCUT2D eigenvalue weighted by Crippen LogP contribution is 2.35. The van der Waals surface area contributed by atoms with Gasteiger partial charge in [-0.15, -0.1) is 0 Å². The van der Waals surface area contributed by atoms with Crippen LogP contribution >= 0.6 is 11.6 Å². The first-order chi connectivity index (χ1) is 11.2. The number of nitro benzene ring substituents is 1. The highest BCUT2D eigenvalue weighted by atomic mass is 35.5. The third-order valence-corrected chi connectivity index (χ3v) is 4.80. The van der Waals surface area contributed by atoms with Crippen molar-refractivity contribution >= 4 is 33.2 Å². The Morgan fingerprint density at radius 3 is 2.42 bits per heavy atom. The van der Waals surface area contributed by atoms with Crippen molar-refractivity contribution in [3.8, 4) is 11.5 Å². The first-order valence-corrected chi connectivity index (χ1v) is 8.41. The van der Waals surface area contributed by atoms with Gasteiger partial charge >= 0.3 is 0 Å². The molecule has 1 N–H and O–H groups in total. The number of ether oxygens (including phenoxy) is 1. The summed E-state index contributed by atoms with van der Waals surface area (Å²) in [7, 11) is -2.45. The van der Waals surface area contributed by atoms with Gasteiger partial charge in [0.25, 0.3) is 5.69 Å². The minimum absolute atomic E-state index is 0.0155. The minimum atomic E-state index is -3.79. The Morgan fingerprint density at radius 2 is 1.88 bits per heavy atom. The number of halogens is 1. The molecule has 2 aromatic rings. The molecule has 126 valence electrons. The van der Waals surface area contributed by atoms with E-state index in [0.717, 1.165) is 29.7 Å². The summed E-state index contributed by atoms with van der Waals surface area (Å²) in [5.74, 6) is -0.135. The molecule has 0 amide bonds. The van der Waals surface area contributed by atoms with Crippen LogP contribution in [0, 0.1) is 10.1 Å². The number of nitrogens with zero attached hydrogens (tertiary/aromatic N) is 1. The molecular weight excluding hydrogens is 358 g/mol. The highest BCUT2D eigenvalue weighted by Gasteiger charge is 2.13. The van der Waals surface area contributed by atoms with E-state index in [1.807, 2.05) is 0 Å². The standard InChI is InChI=1S/C15H12ClNO6S/c1-23-14-9-10(8-13(16)15(14)18)6-7-24(21,22)12-4-2-11(3-5-12)17(19)20/h2-9,18H,1H3/b7-6+. The molecule has 7 nitrogen and oxygen atoms in total. The van der Waals surface area contributed by atoms with E-state index in [1.54, 1.807) is 0 Å². The molecular formula is C15H12ClNO6S. The van der Waals surface area contributed by atoms with Crippen molar-refractivity contribution in [1.29, 1.82) is 0 Å². The van der Waals surface area contributed by atoms with Crippen molar-refractivity contribution < 1.29 is 23.2 Å². The van der Waals surface area contributed by atoms with Crippen LogP contribution in [0.15, 0.2) is 46.7 Å². The molecule has 0 saturated heterocycles. The number of methoxy groups -OCH3 is 1. The summed E-state index contributed by atoms with van der Waals surface area (Å²) in [5, 5.41) is 21.2.